The first-order valence-electron chi connectivity index (χ1n) is 8.51. The highest BCUT2D eigenvalue weighted by Gasteiger charge is 2.18. The molecule has 2 aromatic carbocycles. The van der Waals surface area contributed by atoms with Crippen molar-refractivity contribution >= 4 is 11.9 Å². The fourth-order valence-corrected chi connectivity index (χ4v) is 2.65. The third-order valence-corrected chi connectivity index (χ3v) is 4.21. The minimum Gasteiger partial charge on any atom is -0.454 e. The van der Waals surface area contributed by atoms with Crippen LogP contribution in [-0.4, -0.2) is 25.3 Å². The standard InChI is InChI=1S/C20H21NO5/c1-3-14-4-6-15(7-5-14)13(2)21-19(22)11-24-20(23)16-8-9-17-18(10-16)26-12-25-17/h4-10,13H,3,11-12H2,1-2H3,(H,21,22)/t13-/m1/s1. The molecule has 136 valence electrons. The van der Waals surface area contributed by atoms with Crippen LogP contribution in [0.25, 0.3) is 0 Å². The second-order valence-electron chi connectivity index (χ2n) is 6.03. The largest absolute Gasteiger partial charge is 0.454 e. The summed E-state index contributed by atoms with van der Waals surface area (Å²) in [6.07, 6.45) is 0.969. The van der Waals surface area contributed by atoms with E-state index < -0.39 is 5.97 Å². The molecule has 0 radical (unpaired) electrons. The number of nitrogens with one attached hydrogen (secondary N) is 1. The van der Waals surface area contributed by atoms with Gasteiger partial charge in [-0.25, -0.2) is 4.79 Å². The van der Waals surface area contributed by atoms with Crippen molar-refractivity contribution in [1.82, 2.24) is 5.32 Å². The first-order valence-corrected chi connectivity index (χ1v) is 8.51. The Morgan fingerprint density at radius 1 is 1.12 bits per heavy atom. The van der Waals surface area contributed by atoms with E-state index in [0.717, 1.165) is 12.0 Å². The Bertz CT molecular complexity index is 800. The molecule has 6 nitrogen and oxygen atoms in total. The van der Waals surface area contributed by atoms with Gasteiger partial charge in [0.05, 0.1) is 11.6 Å². The van der Waals surface area contributed by atoms with Gasteiger partial charge < -0.3 is 19.5 Å². The van der Waals surface area contributed by atoms with E-state index in [1.165, 1.54) is 5.56 Å². The molecule has 0 bridgehead atoms. The molecule has 0 aromatic heterocycles. The van der Waals surface area contributed by atoms with Crippen molar-refractivity contribution in [3.05, 3.63) is 59.2 Å². The maximum absolute atomic E-state index is 12.1. The predicted octanol–water partition coefficient (Wildman–Crippen LogP) is 3.01. The summed E-state index contributed by atoms with van der Waals surface area (Å²) in [5, 5.41) is 2.82. The van der Waals surface area contributed by atoms with Crippen molar-refractivity contribution in [2.75, 3.05) is 13.4 Å². The van der Waals surface area contributed by atoms with Gasteiger partial charge in [0.15, 0.2) is 18.1 Å². The minimum absolute atomic E-state index is 0.132. The van der Waals surface area contributed by atoms with Crippen molar-refractivity contribution < 1.29 is 23.8 Å². The number of benzene rings is 2. The molecule has 1 amide bonds. The van der Waals surface area contributed by atoms with Gasteiger partial charge in [-0.15, -0.1) is 0 Å². The number of aryl methyl sites for hydroxylation is 1. The van der Waals surface area contributed by atoms with Gasteiger partial charge in [-0.05, 0) is 42.7 Å². The molecule has 26 heavy (non-hydrogen) atoms. The highest BCUT2D eigenvalue weighted by Crippen LogP contribution is 2.32. The van der Waals surface area contributed by atoms with Crippen molar-refractivity contribution in [3.63, 3.8) is 0 Å². The zero-order chi connectivity index (χ0) is 18.5. The second-order valence-corrected chi connectivity index (χ2v) is 6.03. The third-order valence-electron chi connectivity index (χ3n) is 4.21. The zero-order valence-electron chi connectivity index (χ0n) is 14.8. The molecule has 2 aromatic rings. The molecule has 3 rings (SSSR count). The SMILES string of the molecule is CCc1ccc([C@@H](C)NC(=O)COC(=O)c2ccc3c(c2)OCO3)cc1. The van der Waals surface area contributed by atoms with Crippen LogP contribution in [0.4, 0.5) is 0 Å². The van der Waals surface area contributed by atoms with Crippen LogP contribution in [0.3, 0.4) is 0 Å². The average Bonchev–Trinajstić information content (AvgIpc) is 3.13. The normalized spacial score (nSPS) is 13.2. The summed E-state index contributed by atoms with van der Waals surface area (Å²) < 4.78 is 15.5. The van der Waals surface area contributed by atoms with E-state index in [1.807, 2.05) is 31.2 Å². The monoisotopic (exact) mass is 355 g/mol. The molecule has 1 heterocycles. The molecule has 0 unspecified atom stereocenters. The maximum atomic E-state index is 12.1. The zero-order valence-corrected chi connectivity index (χ0v) is 14.8. The highest BCUT2D eigenvalue weighted by molar-refractivity contribution is 5.92. The van der Waals surface area contributed by atoms with Gasteiger partial charge in [-0.3, -0.25) is 4.79 Å². The lowest BCUT2D eigenvalue weighted by atomic mass is 10.1. The molecule has 6 heteroatoms. The Labute approximate surface area is 152 Å². The van der Waals surface area contributed by atoms with E-state index >= 15 is 0 Å². The number of carbonyl (C=O) groups is 2. The molecular weight excluding hydrogens is 334 g/mol. The summed E-state index contributed by atoms with van der Waals surface area (Å²) in [5.74, 6) is 0.139. The van der Waals surface area contributed by atoms with Gasteiger partial charge in [-0.1, -0.05) is 31.2 Å². The maximum Gasteiger partial charge on any atom is 0.338 e. The van der Waals surface area contributed by atoms with Crippen molar-refractivity contribution in [2.45, 2.75) is 26.3 Å². The molecule has 1 atom stereocenters. The Morgan fingerprint density at radius 3 is 2.58 bits per heavy atom. The van der Waals surface area contributed by atoms with Gasteiger partial charge in [-0.2, -0.15) is 0 Å². The summed E-state index contributed by atoms with van der Waals surface area (Å²) >= 11 is 0. The van der Waals surface area contributed by atoms with Gasteiger partial charge in [0.2, 0.25) is 6.79 Å². The fourth-order valence-electron chi connectivity index (χ4n) is 2.65. The van der Waals surface area contributed by atoms with Crippen LogP contribution in [0.2, 0.25) is 0 Å². The number of ether oxygens (including phenoxy) is 3. The first-order chi connectivity index (χ1) is 12.6. The van der Waals surface area contributed by atoms with E-state index in [2.05, 4.69) is 12.2 Å². The Balaban J connectivity index is 1.50. The van der Waals surface area contributed by atoms with Crippen LogP contribution in [0.1, 0.15) is 41.4 Å². The minimum atomic E-state index is -0.585. The number of hydrogen-bond acceptors (Lipinski definition) is 5. The topological polar surface area (TPSA) is 73.9 Å². The lowest BCUT2D eigenvalue weighted by Gasteiger charge is -2.15. The van der Waals surface area contributed by atoms with E-state index in [-0.39, 0.29) is 25.3 Å². The number of rotatable bonds is 6. The molecule has 0 spiro atoms. The van der Waals surface area contributed by atoms with E-state index in [1.54, 1.807) is 18.2 Å². The summed E-state index contributed by atoms with van der Waals surface area (Å²) in [5.41, 5.74) is 2.55. The molecule has 1 N–H and O–H groups in total. The Morgan fingerprint density at radius 2 is 1.85 bits per heavy atom. The van der Waals surface area contributed by atoms with Crippen LogP contribution < -0.4 is 14.8 Å². The molecule has 0 aliphatic carbocycles. The van der Waals surface area contributed by atoms with Crippen molar-refractivity contribution in [3.8, 4) is 11.5 Å². The highest BCUT2D eigenvalue weighted by atomic mass is 16.7. The van der Waals surface area contributed by atoms with Crippen LogP contribution in [0.5, 0.6) is 11.5 Å². The summed E-state index contributed by atoms with van der Waals surface area (Å²) in [6, 6.07) is 12.6. The van der Waals surface area contributed by atoms with Gasteiger partial charge >= 0.3 is 5.97 Å². The van der Waals surface area contributed by atoms with E-state index in [9.17, 15) is 9.59 Å². The quantitative estimate of drug-likeness (QED) is 0.807. The Kier molecular flexibility index (Phi) is 5.41. The first kappa shape index (κ1) is 17.8. The summed E-state index contributed by atoms with van der Waals surface area (Å²) in [6.45, 7) is 3.77. The van der Waals surface area contributed by atoms with Crippen molar-refractivity contribution in [1.29, 1.82) is 0 Å². The van der Waals surface area contributed by atoms with Crippen LogP contribution in [0, 0.1) is 0 Å². The third kappa shape index (κ3) is 4.14. The van der Waals surface area contributed by atoms with Gasteiger partial charge in [0, 0.05) is 0 Å². The number of fused-ring (bicyclic) bond motifs is 1. The van der Waals surface area contributed by atoms with Gasteiger partial charge in [0.25, 0.3) is 5.91 Å². The molecule has 0 fully saturated rings. The summed E-state index contributed by atoms with van der Waals surface area (Å²) in [7, 11) is 0. The summed E-state index contributed by atoms with van der Waals surface area (Å²) in [4.78, 5) is 24.1. The number of esters is 1. The van der Waals surface area contributed by atoms with E-state index in [4.69, 9.17) is 14.2 Å². The molecule has 0 saturated heterocycles. The second kappa shape index (κ2) is 7.91. The van der Waals surface area contributed by atoms with Gasteiger partial charge in [0.1, 0.15) is 0 Å². The smallest absolute Gasteiger partial charge is 0.338 e. The average molecular weight is 355 g/mol. The van der Waals surface area contributed by atoms with Crippen LogP contribution in [0.15, 0.2) is 42.5 Å². The van der Waals surface area contributed by atoms with E-state index in [0.29, 0.717) is 17.1 Å². The number of amides is 1. The fraction of sp³-hybridized carbons (Fsp3) is 0.300. The molecule has 0 saturated carbocycles. The molecule has 1 aliphatic rings. The predicted molar refractivity (Wildman–Crippen MR) is 95.2 cm³/mol. The molecular formula is C20H21NO5. The van der Waals surface area contributed by atoms with Crippen LogP contribution in [-0.2, 0) is 16.0 Å². The number of hydrogen-bond donors (Lipinski definition) is 1. The lowest BCUT2D eigenvalue weighted by Crippen LogP contribution is -2.31. The Hall–Kier alpha value is -3.02. The number of carbonyl (C=O) groups excluding carboxylic acids is 2. The lowest BCUT2D eigenvalue weighted by molar-refractivity contribution is -0.124. The van der Waals surface area contributed by atoms with Crippen LogP contribution >= 0.6 is 0 Å². The van der Waals surface area contributed by atoms with Crippen molar-refractivity contribution in [2.24, 2.45) is 0 Å². The molecule has 1 aliphatic heterocycles.